The van der Waals surface area contributed by atoms with E-state index in [1.165, 1.54) is 0 Å². The lowest BCUT2D eigenvalue weighted by atomic mass is 10.1. The molecule has 1 unspecified atom stereocenters. The molecule has 1 aromatic carbocycles. The first kappa shape index (κ1) is 24.7. The lowest BCUT2D eigenvalue weighted by Crippen LogP contribution is -2.44. The second-order valence-electron chi connectivity index (χ2n) is 7.22. The van der Waals surface area contributed by atoms with Crippen LogP contribution in [0.15, 0.2) is 29.3 Å². The molecule has 0 bridgehead atoms. The standard InChI is InChI=1S/C20H34N4O.HI/c1-7-21-20(23-16(6)15(4)5)22-13-17-9-8-10-18(12-17)24-19(25)11-14(2)3;/h8-10,12,14-16H,7,11,13H2,1-6H3,(H,24,25)(H2,21,22,23);1H. The van der Waals surface area contributed by atoms with E-state index in [0.29, 0.717) is 30.8 Å². The Morgan fingerprint density at radius 1 is 1.15 bits per heavy atom. The molecule has 1 rings (SSSR count). The van der Waals surface area contributed by atoms with Crippen molar-refractivity contribution in [2.24, 2.45) is 16.8 Å². The zero-order chi connectivity index (χ0) is 18.8. The van der Waals surface area contributed by atoms with Gasteiger partial charge in [-0.25, -0.2) is 4.99 Å². The minimum Gasteiger partial charge on any atom is -0.357 e. The van der Waals surface area contributed by atoms with Crippen molar-refractivity contribution in [2.45, 2.75) is 60.5 Å². The Kier molecular flexibility index (Phi) is 12.3. The second kappa shape index (κ2) is 12.9. The van der Waals surface area contributed by atoms with E-state index in [1.807, 2.05) is 38.1 Å². The molecule has 0 aliphatic rings. The van der Waals surface area contributed by atoms with Gasteiger partial charge in [0.15, 0.2) is 5.96 Å². The molecule has 1 amide bonds. The molecule has 0 radical (unpaired) electrons. The fourth-order valence-corrected chi connectivity index (χ4v) is 2.20. The molecule has 0 aliphatic heterocycles. The minimum atomic E-state index is 0. The van der Waals surface area contributed by atoms with Crippen molar-refractivity contribution in [1.82, 2.24) is 10.6 Å². The molecule has 1 atom stereocenters. The number of halogens is 1. The molecule has 0 heterocycles. The van der Waals surface area contributed by atoms with Gasteiger partial charge in [0.1, 0.15) is 0 Å². The first-order valence-electron chi connectivity index (χ1n) is 9.25. The number of hydrogen-bond acceptors (Lipinski definition) is 2. The highest BCUT2D eigenvalue weighted by atomic mass is 127. The Balaban J connectivity index is 0.00000625. The van der Waals surface area contributed by atoms with Crippen LogP contribution >= 0.6 is 24.0 Å². The van der Waals surface area contributed by atoms with Crippen molar-refractivity contribution in [3.63, 3.8) is 0 Å². The van der Waals surface area contributed by atoms with E-state index in [2.05, 4.69) is 48.6 Å². The Hall–Kier alpha value is -1.31. The highest BCUT2D eigenvalue weighted by Gasteiger charge is 2.09. The molecule has 0 fully saturated rings. The van der Waals surface area contributed by atoms with Crippen molar-refractivity contribution in [1.29, 1.82) is 0 Å². The molecule has 26 heavy (non-hydrogen) atoms. The smallest absolute Gasteiger partial charge is 0.224 e. The predicted molar refractivity (Wildman–Crippen MR) is 122 cm³/mol. The van der Waals surface area contributed by atoms with E-state index >= 15 is 0 Å². The van der Waals surface area contributed by atoms with Crippen LogP contribution in [0.3, 0.4) is 0 Å². The summed E-state index contributed by atoms with van der Waals surface area (Å²) < 4.78 is 0. The summed E-state index contributed by atoms with van der Waals surface area (Å²) in [5, 5.41) is 9.66. The molecule has 3 N–H and O–H groups in total. The topological polar surface area (TPSA) is 65.5 Å². The first-order valence-corrected chi connectivity index (χ1v) is 9.25. The number of guanidine groups is 1. The van der Waals surface area contributed by atoms with Crippen molar-refractivity contribution >= 4 is 41.5 Å². The Morgan fingerprint density at radius 3 is 2.42 bits per heavy atom. The lowest BCUT2D eigenvalue weighted by molar-refractivity contribution is -0.116. The number of nitrogens with one attached hydrogen (secondary N) is 3. The fraction of sp³-hybridized carbons (Fsp3) is 0.600. The van der Waals surface area contributed by atoms with E-state index in [0.717, 1.165) is 23.8 Å². The van der Waals surface area contributed by atoms with E-state index in [1.54, 1.807) is 0 Å². The minimum absolute atomic E-state index is 0. The fourth-order valence-electron chi connectivity index (χ4n) is 2.20. The third kappa shape index (κ3) is 9.99. The molecular weight excluding hydrogens is 439 g/mol. The maximum absolute atomic E-state index is 11.9. The quantitative estimate of drug-likeness (QED) is 0.298. The molecule has 0 saturated heterocycles. The van der Waals surface area contributed by atoms with E-state index in [9.17, 15) is 4.79 Å². The number of benzene rings is 1. The number of anilines is 1. The highest BCUT2D eigenvalue weighted by molar-refractivity contribution is 14.0. The Labute approximate surface area is 175 Å². The van der Waals surface area contributed by atoms with E-state index in [-0.39, 0.29) is 29.9 Å². The number of carbonyl (C=O) groups excluding carboxylic acids is 1. The van der Waals surface area contributed by atoms with Gasteiger partial charge in [0.25, 0.3) is 0 Å². The van der Waals surface area contributed by atoms with Gasteiger partial charge < -0.3 is 16.0 Å². The molecule has 0 saturated carbocycles. The maximum Gasteiger partial charge on any atom is 0.224 e. The monoisotopic (exact) mass is 474 g/mol. The van der Waals surface area contributed by atoms with Crippen LogP contribution in [0.2, 0.25) is 0 Å². The third-order valence-electron chi connectivity index (χ3n) is 3.93. The molecule has 0 aromatic heterocycles. The Bertz CT molecular complexity index is 573. The van der Waals surface area contributed by atoms with Crippen LogP contribution in [0, 0.1) is 11.8 Å². The first-order chi connectivity index (χ1) is 11.8. The van der Waals surface area contributed by atoms with Gasteiger partial charge in [0, 0.05) is 24.7 Å². The summed E-state index contributed by atoms with van der Waals surface area (Å²) in [5.74, 6) is 1.75. The normalized spacial score (nSPS) is 12.5. The van der Waals surface area contributed by atoms with Gasteiger partial charge >= 0.3 is 0 Å². The van der Waals surface area contributed by atoms with Gasteiger partial charge in [0.2, 0.25) is 5.91 Å². The van der Waals surface area contributed by atoms with Gasteiger partial charge in [-0.3, -0.25) is 4.79 Å². The van der Waals surface area contributed by atoms with Crippen LogP contribution in [0.25, 0.3) is 0 Å². The van der Waals surface area contributed by atoms with Crippen LogP contribution in [-0.4, -0.2) is 24.5 Å². The number of aliphatic imine (C=N–C) groups is 1. The summed E-state index contributed by atoms with van der Waals surface area (Å²) in [5.41, 5.74) is 1.89. The van der Waals surface area contributed by atoms with Crippen LogP contribution < -0.4 is 16.0 Å². The average molecular weight is 474 g/mol. The summed E-state index contributed by atoms with van der Waals surface area (Å²) in [6.07, 6.45) is 0.532. The number of nitrogens with zero attached hydrogens (tertiary/aromatic N) is 1. The second-order valence-corrected chi connectivity index (χ2v) is 7.22. The van der Waals surface area contributed by atoms with Gasteiger partial charge in [-0.2, -0.15) is 0 Å². The molecule has 6 heteroatoms. The summed E-state index contributed by atoms with van der Waals surface area (Å²) >= 11 is 0. The van der Waals surface area contributed by atoms with Crippen LogP contribution in [0.4, 0.5) is 5.69 Å². The van der Waals surface area contributed by atoms with Crippen LogP contribution in [0.1, 0.15) is 53.5 Å². The van der Waals surface area contributed by atoms with E-state index in [4.69, 9.17) is 0 Å². The summed E-state index contributed by atoms with van der Waals surface area (Å²) in [4.78, 5) is 16.6. The number of amides is 1. The SMILES string of the molecule is CCNC(=NCc1cccc(NC(=O)CC(C)C)c1)NC(C)C(C)C.I. The van der Waals surface area contributed by atoms with Crippen molar-refractivity contribution in [3.8, 4) is 0 Å². The largest absolute Gasteiger partial charge is 0.357 e. The Morgan fingerprint density at radius 2 is 1.85 bits per heavy atom. The molecule has 0 spiro atoms. The highest BCUT2D eigenvalue weighted by Crippen LogP contribution is 2.13. The van der Waals surface area contributed by atoms with Gasteiger partial charge in [-0.1, -0.05) is 39.8 Å². The van der Waals surface area contributed by atoms with Crippen molar-refractivity contribution in [3.05, 3.63) is 29.8 Å². The summed E-state index contributed by atoms with van der Waals surface area (Å²) in [6.45, 7) is 14.0. The number of carbonyl (C=O) groups is 1. The molecule has 5 nitrogen and oxygen atoms in total. The van der Waals surface area contributed by atoms with Crippen LogP contribution in [-0.2, 0) is 11.3 Å². The average Bonchev–Trinajstić information content (AvgIpc) is 2.52. The predicted octanol–water partition coefficient (Wildman–Crippen LogP) is 4.39. The van der Waals surface area contributed by atoms with Gasteiger partial charge in [0.05, 0.1) is 6.54 Å². The third-order valence-corrected chi connectivity index (χ3v) is 3.93. The van der Waals surface area contributed by atoms with Gasteiger partial charge in [-0.15, -0.1) is 24.0 Å². The van der Waals surface area contributed by atoms with Crippen LogP contribution in [0.5, 0.6) is 0 Å². The van der Waals surface area contributed by atoms with Gasteiger partial charge in [-0.05, 0) is 43.4 Å². The molecule has 0 aliphatic carbocycles. The number of hydrogen-bond donors (Lipinski definition) is 3. The summed E-state index contributed by atoms with van der Waals surface area (Å²) in [6, 6.07) is 8.22. The molecule has 148 valence electrons. The summed E-state index contributed by atoms with van der Waals surface area (Å²) in [7, 11) is 0. The van der Waals surface area contributed by atoms with Crippen molar-refractivity contribution in [2.75, 3.05) is 11.9 Å². The maximum atomic E-state index is 11.9. The molecule has 1 aromatic rings. The zero-order valence-corrected chi connectivity index (χ0v) is 19.3. The molecular formula is C20H35IN4O. The zero-order valence-electron chi connectivity index (χ0n) is 16.9. The van der Waals surface area contributed by atoms with E-state index < -0.39 is 0 Å². The van der Waals surface area contributed by atoms with Crippen molar-refractivity contribution < 1.29 is 4.79 Å². The number of rotatable bonds is 8. The lowest BCUT2D eigenvalue weighted by Gasteiger charge is -2.20.